The maximum absolute atomic E-state index is 11.5. The normalized spacial score (nSPS) is 20.9. The zero-order valence-corrected chi connectivity index (χ0v) is 11.3. The Kier molecular flexibility index (Phi) is 3.71. The summed E-state index contributed by atoms with van der Waals surface area (Å²) in [6, 6.07) is 1.71. The number of amides is 1. The van der Waals surface area contributed by atoms with Crippen LogP contribution in [0.5, 0.6) is 0 Å². The van der Waals surface area contributed by atoms with Crippen LogP contribution < -0.4 is 5.32 Å². The van der Waals surface area contributed by atoms with E-state index in [0.717, 1.165) is 12.8 Å². The molecule has 96 valence electrons. The molecule has 0 saturated heterocycles. The number of carbonyl (C=O) groups is 1. The van der Waals surface area contributed by atoms with Crippen LogP contribution in [0.1, 0.15) is 47.5 Å². The van der Waals surface area contributed by atoms with E-state index < -0.39 is 17.7 Å². The maximum Gasteiger partial charge on any atom is 0.408 e. The summed E-state index contributed by atoms with van der Waals surface area (Å²) in [6.45, 7) is 9.76. The highest BCUT2D eigenvalue weighted by atomic mass is 16.6. The van der Waals surface area contributed by atoms with Crippen molar-refractivity contribution in [2.24, 2.45) is 11.3 Å². The van der Waals surface area contributed by atoms with Gasteiger partial charge in [0, 0.05) is 0 Å². The lowest BCUT2D eigenvalue weighted by Gasteiger charge is -2.44. The first-order chi connectivity index (χ1) is 7.63. The molecule has 0 spiro atoms. The van der Waals surface area contributed by atoms with Gasteiger partial charge in [0.1, 0.15) is 11.6 Å². The first-order valence-corrected chi connectivity index (χ1v) is 6.02. The van der Waals surface area contributed by atoms with Gasteiger partial charge in [0.25, 0.3) is 0 Å². The van der Waals surface area contributed by atoms with E-state index in [1.807, 2.05) is 0 Å². The number of nitriles is 1. The van der Waals surface area contributed by atoms with Crippen LogP contribution >= 0.6 is 0 Å². The standard InChI is InChI=1S/C13H22N2O2/c1-12(2,3)17-11(16)15-10(8-14)9-6-13(4,5)7-9/h9-10H,6-7H2,1-5H3,(H,15,16). The van der Waals surface area contributed by atoms with Crippen LogP contribution in [0.2, 0.25) is 0 Å². The number of nitrogens with one attached hydrogen (secondary N) is 1. The predicted octanol–water partition coefficient (Wildman–Crippen LogP) is 2.84. The van der Waals surface area contributed by atoms with Crippen molar-refractivity contribution in [1.82, 2.24) is 5.32 Å². The molecule has 0 aromatic rings. The number of rotatable bonds is 2. The highest BCUT2D eigenvalue weighted by molar-refractivity contribution is 5.68. The lowest BCUT2D eigenvalue weighted by Crippen LogP contribution is -2.48. The number of nitrogens with zero attached hydrogens (tertiary/aromatic N) is 1. The molecule has 1 aliphatic carbocycles. The summed E-state index contributed by atoms with van der Waals surface area (Å²) in [5.74, 6) is 0.252. The van der Waals surface area contributed by atoms with E-state index in [1.54, 1.807) is 20.8 Å². The van der Waals surface area contributed by atoms with Gasteiger partial charge in [-0.05, 0) is 44.9 Å². The molecule has 0 aromatic heterocycles. The molecule has 0 aliphatic heterocycles. The van der Waals surface area contributed by atoms with Crippen molar-refractivity contribution in [2.45, 2.75) is 59.1 Å². The second-order valence-electron chi connectivity index (χ2n) is 6.59. The fraction of sp³-hybridized carbons (Fsp3) is 0.846. The van der Waals surface area contributed by atoms with E-state index in [0.29, 0.717) is 5.41 Å². The summed E-state index contributed by atoms with van der Waals surface area (Å²) in [5.41, 5.74) is -0.224. The van der Waals surface area contributed by atoms with Gasteiger partial charge in [0.2, 0.25) is 0 Å². The minimum Gasteiger partial charge on any atom is -0.444 e. The fourth-order valence-corrected chi connectivity index (χ4v) is 2.29. The van der Waals surface area contributed by atoms with Gasteiger partial charge in [-0.25, -0.2) is 4.79 Å². The molecular formula is C13H22N2O2. The highest BCUT2D eigenvalue weighted by Gasteiger charge is 2.41. The maximum atomic E-state index is 11.5. The van der Waals surface area contributed by atoms with Crippen molar-refractivity contribution in [1.29, 1.82) is 5.26 Å². The lowest BCUT2D eigenvalue weighted by molar-refractivity contribution is 0.0392. The Morgan fingerprint density at radius 2 is 2.00 bits per heavy atom. The van der Waals surface area contributed by atoms with Gasteiger partial charge < -0.3 is 10.1 Å². The van der Waals surface area contributed by atoms with E-state index >= 15 is 0 Å². The van der Waals surface area contributed by atoms with Gasteiger partial charge in [-0.2, -0.15) is 5.26 Å². The molecule has 1 fully saturated rings. The van der Waals surface area contributed by atoms with Gasteiger partial charge in [0.05, 0.1) is 6.07 Å². The number of ether oxygens (including phenoxy) is 1. The fourth-order valence-electron chi connectivity index (χ4n) is 2.29. The summed E-state index contributed by atoms with van der Waals surface area (Å²) >= 11 is 0. The largest absolute Gasteiger partial charge is 0.444 e. The van der Waals surface area contributed by atoms with Gasteiger partial charge in [-0.1, -0.05) is 13.8 Å². The third-order valence-electron chi connectivity index (χ3n) is 2.91. The summed E-state index contributed by atoms with van der Waals surface area (Å²) < 4.78 is 5.14. The Morgan fingerprint density at radius 1 is 1.47 bits per heavy atom. The quantitative estimate of drug-likeness (QED) is 0.804. The Labute approximate surface area is 103 Å². The van der Waals surface area contributed by atoms with Gasteiger partial charge in [-0.15, -0.1) is 0 Å². The third kappa shape index (κ3) is 4.26. The molecule has 1 unspecified atom stereocenters. The molecule has 1 N–H and O–H groups in total. The van der Waals surface area contributed by atoms with Crippen molar-refractivity contribution >= 4 is 6.09 Å². The van der Waals surface area contributed by atoms with E-state index in [-0.39, 0.29) is 5.92 Å². The Morgan fingerprint density at radius 3 is 2.35 bits per heavy atom. The SMILES string of the molecule is CC1(C)CC(C(C#N)NC(=O)OC(C)(C)C)C1. The molecular weight excluding hydrogens is 216 g/mol. The summed E-state index contributed by atoms with van der Waals surface area (Å²) in [5, 5.41) is 11.7. The molecule has 1 amide bonds. The number of hydrogen-bond acceptors (Lipinski definition) is 3. The van der Waals surface area contributed by atoms with Crippen molar-refractivity contribution in [3.8, 4) is 6.07 Å². The van der Waals surface area contributed by atoms with E-state index in [4.69, 9.17) is 10.00 Å². The smallest absolute Gasteiger partial charge is 0.408 e. The number of hydrogen-bond donors (Lipinski definition) is 1. The number of carbonyl (C=O) groups excluding carboxylic acids is 1. The predicted molar refractivity (Wildman–Crippen MR) is 65.3 cm³/mol. The van der Waals surface area contributed by atoms with Crippen molar-refractivity contribution in [3.63, 3.8) is 0 Å². The third-order valence-corrected chi connectivity index (χ3v) is 2.91. The molecule has 0 bridgehead atoms. The molecule has 1 saturated carbocycles. The average molecular weight is 238 g/mol. The molecule has 1 rings (SSSR count). The molecule has 17 heavy (non-hydrogen) atoms. The lowest BCUT2D eigenvalue weighted by atomic mass is 9.62. The van der Waals surface area contributed by atoms with Crippen LogP contribution in [0.25, 0.3) is 0 Å². The van der Waals surface area contributed by atoms with Crippen LogP contribution in [0.4, 0.5) is 4.79 Å². The molecule has 1 aliphatic rings. The van der Waals surface area contributed by atoms with Crippen LogP contribution in [-0.2, 0) is 4.74 Å². The second kappa shape index (κ2) is 4.56. The minimum atomic E-state index is -0.525. The molecule has 0 radical (unpaired) electrons. The topological polar surface area (TPSA) is 62.1 Å². The Balaban J connectivity index is 2.44. The van der Waals surface area contributed by atoms with E-state index in [9.17, 15) is 4.79 Å². The molecule has 0 aromatic carbocycles. The molecule has 1 atom stereocenters. The minimum absolute atomic E-state index is 0.252. The van der Waals surface area contributed by atoms with Crippen molar-refractivity contribution in [2.75, 3.05) is 0 Å². The first-order valence-electron chi connectivity index (χ1n) is 6.02. The molecule has 4 heteroatoms. The van der Waals surface area contributed by atoms with Crippen LogP contribution in [0.15, 0.2) is 0 Å². The van der Waals surface area contributed by atoms with Crippen molar-refractivity contribution < 1.29 is 9.53 Å². The summed E-state index contributed by atoms with van der Waals surface area (Å²) in [4.78, 5) is 11.5. The van der Waals surface area contributed by atoms with Crippen LogP contribution in [-0.4, -0.2) is 17.7 Å². The first kappa shape index (κ1) is 13.8. The zero-order chi connectivity index (χ0) is 13.3. The zero-order valence-electron chi connectivity index (χ0n) is 11.3. The Bertz CT molecular complexity index is 328. The molecule has 4 nitrogen and oxygen atoms in total. The van der Waals surface area contributed by atoms with E-state index in [1.165, 1.54) is 0 Å². The highest BCUT2D eigenvalue weighted by Crippen LogP contribution is 2.46. The molecule has 0 heterocycles. The van der Waals surface area contributed by atoms with Crippen molar-refractivity contribution in [3.05, 3.63) is 0 Å². The summed E-state index contributed by atoms with van der Waals surface area (Å²) in [7, 11) is 0. The second-order valence-corrected chi connectivity index (χ2v) is 6.59. The Hall–Kier alpha value is -1.24. The van der Waals surface area contributed by atoms with Gasteiger partial charge >= 0.3 is 6.09 Å². The van der Waals surface area contributed by atoms with Crippen LogP contribution in [0.3, 0.4) is 0 Å². The van der Waals surface area contributed by atoms with E-state index in [2.05, 4.69) is 25.2 Å². The number of alkyl carbamates (subject to hydrolysis) is 1. The summed E-state index contributed by atoms with van der Waals surface area (Å²) in [6.07, 6.45) is 1.44. The van der Waals surface area contributed by atoms with Gasteiger partial charge in [-0.3, -0.25) is 0 Å². The van der Waals surface area contributed by atoms with Gasteiger partial charge in [0.15, 0.2) is 0 Å². The average Bonchev–Trinajstić information content (AvgIpc) is 2.07. The monoisotopic (exact) mass is 238 g/mol. The van der Waals surface area contributed by atoms with Crippen LogP contribution in [0, 0.1) is 22.7 Å².